The van der Waals surface area contributed by atoms with Crippen molar-refractivity contribution in [2.24, 2.45) is 0 Å². The summed E-state index contributed by atoms with van der Waals surface area (Å²) >= 11 is 0. The number of esters is 1. The Morgan fingerprint density at radius 2 is 2.04 bits per heavy atom. The second-order valence-electron chi connectivity index (χ2n) is 5.03. The summed E-state index contributed by atoms with van der Waals surface area (Å²) in [5.41, 5.74) is 4.10. The summed E-state index contributed by atoms with van der Waals surface area (Å²) in [4.78, 5) is 18.7. The fourth-order valence-corrected chi connectivity index (χ4v) is 2.31. The number of fused-ring (bicyclic) bond motifs is 1. The molecule has 0 amide bonds. The zero-order chi connectivity index (χ0) is 18.4. The van der Waals surface area contributed by atoms with E-state index in [1.165, 1.54) is 6.07 Å². The lowest BCUT2D eigenvalue weighted by atomic mass is 10.1. The molecule has 2 N–H and O–H groups in total. The molecule has 0 radical (unpaired) electrons. The second-order valence-corrected chi connectivity index (χ2v) is 5.03. The number of alkyl halides is 3. The lowest BCUT2D eigenvalue weighted by Gasteiger charge is -2.10. The van der Waals surface area contributed by atoms with E-state index in [0.29, 0.717) is 6.20 Å². The van der Waals surface area contributed by atoms with Crippen molar-refractivity contribution in [1.82, 2.24) is 14.4 Å². The Morgan fingerprint density at radius 3 is 2.68 bits per heavy atom. The fraction of sp³-hybridized carbons (Fsp3) is 0.133. The van der Waals surface area contributed by atoms with Crippen LogP contribution in [0.3, 0.4) is 0 Å². The number of anilines is 1. The molecule has 0 fully saturated rings. The molecule has 10 heteroatoms. The summed E-state index contributed by atoms with van der Waals surface area (Å²) in [5, 5.41) is 0. The van der Waals surface area contributed by atoms with Crippen molar-refractivity contribution in [3.63, 3.8) is 0 Å². The largest absolute Gasteiger partial charge is 0.465 e. The van der Waals surface area contributed by atoms with Gasteiger partial charge in [0.15, 0.2) is 17.2 Å². The highest BCUT2D eigenvalue weighted by molar-refractivity contribution is 5.91. The van der Waals surface area contributed by atoms with E-state index in [2.05, 4.69) is 14.7 Å². The van der Waals surface area contributed by atoms with Crippen LogP contribution in [0.15, 0.2) is 30.6 Å². The molecule has 0 atom stereocenters. The van der Waals surface area contributed by atoms with E-state index in [0.717, 1.165) is 29.8 Å². The molecule has 0 bridgehead atoms. The number of methoxy groups -OCH3 is 1. The first-order chi connectivity index (χ1) is 11.7. The average Bonchev–Trinajstić information content (AvgIpc) is 2.98. The van der Waals surface area contributed by atoms with Gasteiger partial charge in [0, 0.05) is 11.8 Å². The quantitative estimate of drug-likeness (QED) is 0.565. The van der Waals surface area contributed by atoms with E-state index < -0.39 is 29.5 Å². The number of aromatic nitrogens is 3. The van der Waals surface area contributed by atoms with Crippen LogP contribution in [0.1, 0.15) is 16.1 Å². The summed E-state index contributed by atoms with van der Waals surface area (Å²) in [6.07, 6.45) is -2.93. The highest BCUT2D eigenvalue weighted by atomic mass is 19.4. The van der Waals surface area contributed by atoms with E-state index >= 15 is 0 Å². The molecule has 2 heterocycles. The molecule has 3 rings (SSSR count). The van der Waals surface area contributed by atoms with E-state index in [9.17, 15) is 22.4 Å². The number of carbonyl (C=O) groups excluding carboxylic acids is 1. The number of rotatable bonds is 2. The molecule has 130 valence electrons. The number of hydrogen-bond donors (Lipinski definition) is 1. The van der Waals surface area contributed by atoms with Gasteiger partial charge in [-0.15, -0.1) is 0 Å². The maximum Gasteiger partial charge on any atom is 0.434 e. The highest BCUT2D eigenvalue weighted by Crippen LogP contribution is 2.32. The van der Waals surface area contributed by atoms with Crippen LogP contribution in [0.25, 0.3) is 16.9 Å². The molecule has 0 saturated carbocycles. The minimum Gasteiger partial charge on any atom is -0.465 e. The van der Waals surface area contributed by atoms with Gasteiger partial charge in [-0.25, -0.2) is 19.2 Å². The number of imidazole rings is 1. The van der Waals surface area contributed by atoms with Crippen LogP contribution in [0.2, 0.25) is 0 Å². The number of ether oxygens (including phenoxy) is 1. The topological polar surface area (TPSA) is 82.5 Å². The molecule has 0 aliphatic heterocycles. The minimum absolute atomic E-state index is 0.0159. The lowest BCUT2D eigenvalue weighted by molar-refractivity contribution is -0.141. The molecule has 3 aromatic rings. The maximum absolute atomic E-state index is 14.2. The molecule has 0 aliphatic carbocycles. The van der Waals surface area contributed by atoms with Crippen LogP contribution in [0, 0.1) is 5.82 Å². The highest BCUT2D eigenvalue weighted by Gasteiger charge is 2.34. The molecule has 1 aromatic carbocycles. The van der Waals surface area contributed by atoms with Gasteiger partial charge in [-0.05, 0) is 18.2 Å². The molecule has 25 heavy (non-hydrogen) atoms. The van der Waals surface area contributed by atoms with E-state index in [-0.39, 0.29) is 22.5 Å². The molecule has 6 nitrogen and oxygen atoms in total. The van der Waals surface area contributed by atoms with Gasteiger partial charge in [0.1, 0.15) is 5.82 Å². The number of nitrogens with zero attached hydrogens (tertiary/aromatic N) is 3. The predicted octanol–water partition coefficient (Wildman–Crippen LogP) is 2.92. The third kappa shape index (κ3) is 2.86. The number of benzene rings is 1. The first kappa shape index (κ1) is 16.7. The average molecular weight is 354 g/mol. The Morgan fingerprint density at radius 1 is 1.32 bits per heavy atom. The number of nitrogens with two attached hydrogens (primary N) is 1. The molecule has 0 spiro atoms. The maximum atomic E-state index is 14.2. The van der Waals surface area contributed by atoms with Crippen LogP contribution in [0.5, 0.6) is 0 Å². The van der Waals surface area contributed by atoms with Crippen molar-refractivity contribution >= 4 is 17.4 Å². The number of hydrogen-bond acceptors (Lipinski definition) is 5. The van der Waals surface area contributed by atoms with E-state index in [1.54, 1.807) is 0 Å². The van der Waals surface area contributed by atoms with Crippen molar-refractivity contribution in [2.75, 3.05) is 12.8 Å². The molecule has 0 saturated heterocycles. The van der Waals surface area contributed by atoms with Gasteiger partial charge in [0.2, 0.25) is 0 Å². The molecule has 0 aliphatic rings. The summed E-state index contributed by atoms with van der Waals surface area (Å²) < 4.78 is 58.6. The van der Waals surface area contributed by atoms with Crippen molar-refractivity contribution < 1.29 is 27.1 Å². The van der Waals surface area contributed by atoms with Crippen molar-refractivity contribution in [2.45, 2.75) is 6.18 Å². The summed E-state index contributed by atoms with van der Waals surface area (Å²) in [6, 6.07) is 3.37. The Kier molecular flexibility index (Phi) is 3.82. The number of halogens is 4. The number of nitrogen functional groups attached to an aromatic ring is 1. The van der Waals surface area contributed by atoms with Gasteiger partial charge in [0.25, 0.3) is 0 Å². The standard InChI is InChI=1S/C15H10F4N4O2/c1-25-14(24)7-2-3-9(16)8(4-7)10-5-21-13-12(20)22-11(6-23(10)13)15(17,18)19/h2-6H,1H3,(H2,20,22). The minimum atomic E-state index is -4.74. The van der Waals surface area contributed by atoms with Crippen LogP contribution in [-0.2, 0) is 10.9 Å². The van der Waals surface area contributed by atoms with Crippen LogP contribution in [0.4, 0.5) is 23.4 Å². The normalized spacial score (nSPS) is 11.7. The van der Waals surface area contributed by atoms with Crippen molar-refractivity contribution in [3.8, 4) is 11.3 Å². The molecular weight excluding hydrogens is 344 g/mol. The van der Waals surface area contributed by atoms with Crippen molar-refractivity contribution in [3.05, 3.63) is 47.7 Å². The SMILES string of the molecule is COC(=O)c1ccc(F)c(-c2cnc3c(N)nc(C(F)(F)F)cn23)c1. The van der Waals surface area contributed by atoms with Gasteiger partial charge in [-0.1, -0.05) is 0 Å². The van der Waals surface area contributed by atoms with Crippen molar-refractivity contribution in [1.29, 1.82) is 0 Å². The third-order valence-corrected chi connectivity index (χ3v) is 3.47. The fourth-order valence-electron chi connectivity index (χ4n) is 2.31. The van der Waals surface area contributed by atoms with Gasteiger partial charge in [0.05, 0.1) is 24.6 Å². The zero-order valence-electron chi connectivity index (χ0n) is 12.6. The lowest BCUT2D eigenvalue weighted by Crippen LogP contribution is -2.12. The van der Waals surface area contributed by atoms with Crippen LogP contribution >= 0.6 is 0 Å². The van der Waals surface area contributed by atoms with Crippen LogP contribution in [-0.4, -0.2) is 27.4 Å². The predicted molar refractivity (Wildman–Crippen MR) is 79.1 cm³/mol. The Hall–Kier alpha value is -3.17. The van der Waals surface area contributed by atoms with Gasteiger partial charge in [-0.3, -0.25) is 4.40 Å². The van der Waals surface area contributed by atoms with E-state index in [1.807, 2.05) is 0 Å². The first-order valence-corrected chi connectivity index (χ1v) is 6.81. The van der Waals surface area contributed by atoms with Gasteiger partial charge >= 0.3 is 12.1 Å². The van der Waals surface area contributed by atoms with Gasteiger partial charge < -0.3 is 10.5 Å². The second kappa shape index (κ2) is 5.72. The Bertz CT molecular complexity index is 982. The number of carbonyl (C=O) groups is 1. The third-order valence-electron chi connectivity index (χ3n) is 3.47. The molecular formula is C15H10F4N4O2. The monoisotopic (exact) mass is 354 g/mol. The first-order valence-electron chi connectivity index (χ1n) is 6.81. The Labute approximate surface area is 137 Å². The Balaban J connectivity index is 2.26. The summed E-state index contributed by atoms with van der Waals surface area (Å²) in [6.45, 7) is 0. The molecule has 2 aromatic heterocycles. The van der Waals surface area contributed by atoms with E-state index in [4.69, 9.17) is 5.73 Å². The zero-order valence-corrected chi connectivity index (χ0v) is 12.6. The summed E-state index contributed by atoms with van der Waals surface area (Å²) in [7, 11) is 1.15. The van der Waals surface area contributed by atoms with Gasteiger partial charge in [-0.2, -0.15) is 13.2 Å². The smallest absolute Gasteiger partial charge is 0.434 e. The summed E-state index contributed by atoms with van der Waals surface area (Å²) in [5.74, 6) is -1.92. The van der Waals surface area contributed by atoms with Crippen LogP contribution < -0.4 is 5.73 Å². The molecule has 0 unspecified atom stereocenters.